The average Bonchev–Trinajstić information content (AvgIpc) is 2.85. The molecule has 7 nitrogen and oxygen atoms in total. The third kappa shape index (κ3) is 2.84. The molecule has 0 spiro atoms. The molecule has 0 atom stereocenters. The van der Waals surface area contributed by atoms with Crippen molar-refractivity contribution in [1.29, 1.82) is 5.26 Å². The number of nitro groups is 1. The van der Waals surface area contributed by atoms with Crippen LogP contribution in [0.5, 0.6) is 0 Å². The summed E-state index contributed by atoms with van der Waals surface area (Å²) in [5.41, 5.74) is -0.231. The summed E-state index contributed by atoms with van der Waals surface area (Å²) < 4.78 is 5.42. The van der Waals surface area contributed by atoms with Crippen LogP contribution >= 0.6 is 15.9 Å². The molecular weight excluding hydrogens is 330 g/mol. The highest BCUT2D eigenvalue weighted by Crippen LogP contribution is 2.26. The number of nitrogens with zero attached hydrogens (tertiary/aromatic N) is 2. The van der Waals surface area contributed by atoms with E-state index in [-0.39, 0.29) is 22.7 Å². The molecule has 0 aliphatic rings. The SMILES string of the molecule is N#Cc1ccc(NC(=O)c2ccc(Br)o2)c([N+](=O)[O-])c1. The highest BCUT2D eigenvalue weighted by Gasteiger charge is 2.19. The molecule has 0 fully saturated rings. The molecule has 8 heteroatoms. The van der Waals surface area contributed by atoms with E-state index in [1.165, 1.54) is 24.3 Å². The van der Waals surface area contributed by atoms with E-state index in [9.17, 15) is 14.9 Å². The van der Waals surface area contributed by atoms with Crippen molar-refractivity contribution in [3.05, 3.63) is 56.4 Å². The van der Waals surface area contributed by atoms with Crippen molar-refractivity contribution < 1.29 is 14.1 Å². The zero-order valence-corrected chi connectivity index (χ0v) is 11.4. The summed E-state index contributed by atoms with van der Waals surface area (Å²) in [5.74, 6) is -0.612. The lowest BCUT2D eigenvalue weighted by atomic mass is 10.2. The lowest BCUT2D eigenvalue weighted by molar-refractivity contribution is -0.383. The maximum atomic E-state index is 11.8. The topological polar surface area (TPSA) is 109 Å². The smallest absolute Gasteiger partial charge is 0.294 e. The number of anilines is 1. The van der Waals surface area contributed by atoms with Gasteiger partial charge in [0.25, 0.3) is 11.6 Å². The Hall–Kier alpha value is -2.66. The largest absolute Gasteiger partial charge is 0.444 e. The van der Waals surface area contributed by atoms with Gasteiger partial charge in [-0.15, -0.1) is 0 Å². The molecule has 1 amide bonds. The van der Waals surface area contributed by atoms with Gasteiger partial charge in [-0.05, 0) is 40.2 Å². The summed E-state index contributed by atoms with van der Waals surface area (Å²) in [4.78, 5) is 22.1. The molecule has 1 aromatic heterocycles. The van der Waals surface area contributed by atoms with Crippen molar-refractivity contribution in [3.8, 4) is 6.07 Å². The Kier molecular flexibility index (Phi) is 3.81. The predicted octanol–water partition coefficient (Wildman–Crippen LogP) is 3.07. The van der Waals surface area contributed by atoms with E-state index >= 15 is 0 Å². The van der Waals surface area contributed by atoms with E-state index < -0.39 is 10.8 Å². The van der Waals surface area contributed by atoms with Crippen LogP contribution in [0.4, 0.5) is 11.4 Å². The van der Waals surface area contributed by atoms with Crippen molar-refractivity contribution in [2.45, 2.75) is 0 Å². The first-order valence-electron chi connectivity index (χ1n) is 5.26. The summed E-state index contributed by atoms with van der Waals surface area (Å²) in [5, 5.41) is 22.0. The fourth-order valence-corrected chi connectivity index (χ4v) is 1.78. The van der Waals surface area contributed by atoms with Gasteiger partial charge < -0.3 is 9.73 Å². The minimum absolute atomic E-state index is 0.00785. The minimum atomic E-state index is -0.672. The lowest BCUT2D eigenvalue weighted by Crippen LogP contribution is -2.12. The van der Waals surface area contributed by atoms with Gasteiger partial charge in [0.2, 0.25) is 0 Å². The molecule has 0 bridgehead atoms. The van der Waals surface area contributed by atoms with E-state index in [0.29, 0.717) is 4.67 Å². The lowest BCUT2D eigenvalue weighted by Gasteiger charge is -2.04. The van der Waals surface area contributed by atoms with Crippen molar-refractivity contribution >= 4 is 33.2 Å². The first-order chi connectivity index (χ1) is 9.51. The number of nitrogens with one attached hydrogen (secondary N) is 1. The van der Waals surface area contributed by atoms with Crippen molar-refractivity contribution in [1.82, 2.24) is 0 Å². The fourth-order valence-electron chi connectivity index (χ4n) is 1.48. The van der Waals surface area contributed by atoms with Gasteiger partial charge in [0.1, 0.15) is 5.69 Å². The molecule has 2 aromatic rings. The number of carbonyl (C=O) groups is 1. The predicted molar refractivity (Wildman–Crippen MR) is 72.2 cm³/mol. The molecule has 0 aliphatic carbocycles. The van der Waals surface area contributed by atoms with E-state index in [1.807, 2.05) is 0 Å². The van der Waals surface area contributed by atoms with Crippen molar-refractivity contribution in [3.63, 3.8) is 0 Å². The molecule has 100 valence electrons. The second-order valence-electron chi connectivity index (χ2n) is 3.66. The summed E-state index contributed by atoms with van der Waals surface area (Å²) in [6, 6.07) is 8.52. The Morgan fingerprint density at radius 1 is 1.40 bits per heavy atom. The first kappa shape index (κ1) is 13.8. The number of carbonyl (C=O) groups excluding carboxylic acids is 1. The second kappa shape index (κ2) is 5.54. The summed E-state index contributed by atoms with van der Waals surface area (Å²) in [7, 11) is 0. The van der Waals surface area contributed by atoms with Crippen LogP contribution in [0.1, 0.15) is 16.1 Å². The van der Waals surface area contributed by atoms with Gasteiger partial charge in [0, 0.05) is 6.07 Å². The highest BCUT2D eigenvalue weighted by atomic mass is 79.9. The molecule has 1 heterocycles. The van der Waals surface area contributed by atoms with Crippen LogP contribution in [-0.4, -0.2) is 10.8 Å². The molecule has 0 saturated carbocycles. The number of hydrogen-bond donors (Lipinski definition) is 1. The van der Waals surface area contributed by atoms with Gasteiger partial charge in [-0.2, -0.15) is 5.26 Å². The van der Waals surface area contributed by atoms with Gasteiger partial charge in [-0.1, -0.05) is 0 Å². The van der Waals surface area contributed by atoms with E-state index in [2.05, 4.69) is 21.2 Å². The van der Waals surface area contributed by atoms with Crippen molar-refractivity contribution in [2.75, 3.05) is 5.32 Å². The fraction of sp³-hybridized carbons (Fsp3) is 0. The molecule has 20 heavy (non-hydrogen) atoms. The second-order valence-corrected chi connectivity index (χ2v) is 4.44. The van der Waals surface area contributed by atoms with Gasteiger partial charge in [-0.3, -0.25) is 14.9 Å². The van der Waals surface area contributed by atoms with Crippen LogP contribution < -0.4 is 5.32 Å². The zero-order valence-electron chi connectivity index (χ0n) is 9.79. The average molecular weight is 336 g/mol. The quantitative estimate of drug-likeness (QED) is 0.684. The Bertz CT molecular complexity index is 733. The van der Waals surface area contributed by atoms with Crippen LogP contribution in [-0.2, 0) is 0 Å². The Labute approximate surface area is 121 Å². The highest BCUT2D eigenvalue weighted by molar-refractivity contribution is 9.10. The van der Waals surface area contributed by atoms with Crippen LogP contribution in [0.2, 0.25) is 0 Å². The number of hydrogen-bond acceptors (Lipinski definition) is 5. The third-order valence-corrected chi connectivity index (χ3v) is 2.79. The Balaban J connectivity index is 2.32. The normalized spacial score (nSPS) is 9.80. The van der Waals surface area contributed by atoms with Gasteiger partial charge in [0.05, 0.1) is 16.6 Å². The van der Waals surface area contributed by atoms with Crippen molar-refractivity contribution in [2.24, 2.45) is 0 Å². The van der Waals surface area contributed by atoms with Crippen LogP contribution in [0.3, 0.4) is 0 Å². The molecule has 2 rings (SSSR count). The molecular formula is C12H6BrN3O4. The Morgan fingerprint density at radius 2 is 2.15 bits per heavy atom. The van der Waals surface area contributed by atoms with Crippen LogP contribution in [0.15, 0.2) is 39.4 Å². The number of nitriles is 1. The minimum Gasteiger partial charge on any atom is -0.444 e. The number of nitro benzene ring substituents is 1. The van der Waals surface area contributed by atoms with E-state index in [4.69, 9.17) is 9.68 Å². The number of halogens is 1. The van der Waals surface area contributed by atoms with Gasteiger partial charge in [0.15, 0.2) is 10.4 Å². The molecule has 0 aliphatic heterocycles. The van der Waals surface area contributed by atoms with Crippen LogP contribution in [0.25, 0.3) is 0 Å². The summed E-state index contributed by atoms with van der Waals surface area (Å²) in [6.07, 6.45) is 0. The number of furan rings is 1. The summed E-state index contributed by atoms with van der Waals surface area (Å²) >= 11 is 3.05. The van der Waals surface area contributed by atoms with Crippen LogP contribution in [0, 0.1) is 21.4 Å². The molecule has 0 saturated heterocycles. The first-order valence-corrected chi connectivity index (χ1v) is 6.06. The molecule has 0 unspecified atom stereocenters. The number of amides is 1. The number of rotatable bonds is 3. The monoisotopic (exact) mass is 335 g/mol. The molecule has 1 aromatic carbocycles. The zero-order chi connectivity index (χ0) is 14.7. The summed E-state index contributed by atoms with van der Waals surface area (Å²) in [6.45, 7) is 0. The maximum Gasteiger partial charge on any atom is 0.294 e. The van der Waals surface area contributed by atoms with E-state index in [0.717, 1.165) is 6.07 Å². The standard InChI is InChI=1S/C12H6BrN3O4/c13-11-4-3-10(20-11)12(17)15-8-2-1-7(6-14)5-9(8)16(18)19/h1-5H,(H,15,17). The third-order valence-electron chi connectivity index (χ3n) is 2.37. The molecule has 0 radical (unpaired) electrons. The number of benzene rings is 1. The Morgan fingerprint density at radius 3 is 2.70 bits per heavy atom. The van der Waals surface area contributed by atoms with Gasteiger partial charge in [-0.25, -0.2) is 0 Å². The maximum absolute atomic E-state index is 11.8. The van der Waals surface area contributed by atoms with Gasteiger partial charge >= 0.3 is 0 Å². The molecule has 1 N–H and O–H groups in total. The van der Waals surface area contributed by atoms with E-state index in [1.54, 1.807) is 6.07 Å².